The van der Waals surface area contributed by atoms with Crippen LogP contribution in [0.3, 0.4) is 0 Å². The highest BCUT2D eigenvalue weighted by atomic mass is 32.1. The normalized spacial score (nSPS) is 19.6. The molecule has 0 atom stereocenters. The molecule has 0 aromatic carbocycles. The number of hydrogen-bond donors (Lipinski definition) is 1. The number of aliphatic carboxylic acids is 1. The van der Waals surface area contributed by atoms with E-state index in [0.717, 1.165) is 17.4 Å². The lowest BCUT2D eigenvalue weighted by Gasteiger charge is -1.97. The van der Waals surface area contributed by atoms with Crippen LogP contribution in [-0.2, 0) is 20.9 Å². The third-order valence-electron chi connectivity index (χ3n) is 0.748. The van der Waals surface area contributed by atoms with E-state index < -0.39 is 11.9 Å². The second kappa shape index (κ2) is 2.57. The van der Waals surface area contributed by atoms with E-state index in [1.807, 2.05) is 0 Å². The van der Waals surface area contributed by atoms with Crippen molar-refractivity contribution in [1.82, 2.24) is 0 Å². The van der Waals surface area contributed by atoms with Gasteiger partial charge < -0.3 is 15.2 Å². The number of amides is 1. The molecule has 10 heavy (non-hydrogen) atoms. The molecule has 0 saturated heterocycles. The molecule has 0 radical (unpaired) electrons. The summed E-state index contributed by atoms with van der Waals surface area (Å²) in [6, 6.07) is 0. The zero-order chi connectivity index (χ0) is 7.56. The van der Waals surface area contributed by atoms with Gasteiger partial charge in [0.1, 0.15) is 10.9 Å². The van der Waals surface area contributed by atoms with Crippen LogP contribution in [0.1, 0.15) is 0 Å². The largest absolute Gasteiger partial charge is 0.568 e. The van der Waals surface area contributed by atoms with Gasteiger partial charge in [0.05, 0.1) is 6.08 Å². The van der Waals surface area contributed by atoms with Crippen LogP contribution in [0.25, 0.3) is 5.32 Å². The SMILES string of the molecule is O=C(O)C=C1[N-]C(=O)C=[S+]1. The highest BCUT2D eigenvalue weighted by Gasteiger charge is 2.09. The Bertz CT molecular complexity index is 243. The molecule has 0 fully saturated rings. The van der Waals surface area contributed by atoms with Gasteiger partial charge in [-0.1, -0.05) is 0 Å². The lowest BCUT2D eigenvalue weighted by molar-refractivity contribution is -0.131. The van der Waals surface area contributed by atoms with Gasteiger partial charge in [-0.2, -0.15) is 0 Å². The maximum atomic E-state index is 10.4. The summed E-state index contributed by atoms with van der Waals surface area (Å²) < 4.78 is 0. The predicted octanol–water partition coefficient (Wildman–Crippen LogP) is -0.289. The van der Waals surface area contributed by atoms with E-state index in [2.05, 4.69) is 5.32 Å². The lowest BCUT2D eigenvalue weighted by atomic mass is 10.6. The van der Waals surface area contributed by atoms with Crippen LogP contribution < -0.4 is 0 Å². The van der Waals surface area contributed by atoms with Crippen LogP contribution in [0.5, 0.6) is 0 Å². The Kier molecular flexibility index (Phi) is 1.77. The topological polar surface area (TPSA) is 68.5 Å². The maximum absolute atomic E-state index is 10.4. The maximum Gasteiger partial charge on any atom is 0.332 e. The van der Waals surface area contributed by atoms with E-state index in [1.165, 1.54) is 5.37 Å². The number of carboxylic acids is 1. The molecular weight excluding hydrogens is 154 g/mol. The third kappa shape index (κ3) is 1.63. The smallest absolute Gasteiger partial charge is 0.332 e. The summed E-state index contributed by atoms with van der Waals surface area (Å²) >= 11 is 1.02. The molecule has 1 amide bonds. The van der Waals surface area contributed by atoms with Crippen molar-refractivity contribution in [2.45, 2.75) is 0 Å². The second-order valence-electron chi connectivity index (χ2n) is 1.51. The first kappa shape index (κ1) is 6.88. The van der Waals surface area contributed by atoms with E-state index >= 15 is 0 Å². The summed E-state index contributed by atoms with van der Waals surface area (Å²) in [5.74, 6) is -1.48. The molecular formula is C5H3NO3S. The average Bonchev–Trinajstić information content (AvgIpc) is 2.13. The predicted molar refractivity (Wildman–Crippen MR) is 37.5 cm³/mol. The van der Waals surface area contributed by atoms with Crippen molar-refractivity contribution in [3.8, 4) is 0 Å². The lowest BCUT2D eigenvalue weighted by Crippen LogP contribution is -1.90. The molecule has 1 aliphatic rings. The van der Waals surface area contributed by atoms with Gasteiger partial charge in [-0.3, -0.25) is 0 Å². The van der Waals surface area contributed by atoms with Gasteiger partial charge in [0, 0.05) is 0 Å². The van der Waals surface area contributed by atoms with Crippen LogP contribution >= 0.6 is 0 Å². The molecule has 0 bridgehead atoms. The summed E-state index contributed by atoms with van der Waals surface area (Å²) in [5, 5.41) is 13.1. The molecule has 0 aliphatic carbocycles. The van der Waals surface area contributed by atoms with Gasteiger partial charge in [0.25, 0.3) is 0 Å². The van der Waals surface area contributed by atoms with Gasteiger partial charge in [0.15, 0.2) is 11.4 Å². The van der Waals surface area contributed by atoms with Crippen LogP contribution in [0.2, 0.25) is 0 Å². The number of hydrogen-bond acceptors (Lipinski definition) is 2. The van der Waals surface area contributed by atoms with Gasteiger partial charge in [-0.05, 0) is 0 Å². The fraction of sp³-hybridized carbons (Fsp3) is 0. The Morgan fingerprint density at radius 2 is 2.50 bits per heavy atom. The Balaban J connectivity index is 2.70. The molecule has 1 heterocycles. The molecule has 0 spiro atoms. The highest BCUT2D eigenvalue weighted by Crippen LogP contribution is 2.09. The van der Waals surface area contributed by atoms with Crippen molar-refractivity contribution in [2.75, 3.05) is 0 Å². The van der Waals surface area contributed by atoms with E-state index in [-0.39, 0.29) is 5.03 Å². The van der Waals surface area contributed by atoms with Crippen LogP contribution in [0.15, 0.2) is 11.1 Å². The fourth-order valence-electron chi connectivity index (χ4n) is 0.444. The Morgan fingerprint density at radius 1 is 1.80 bits per heavy atom. The van der Waals surface area contributed by atoms with E-state index in [1.54, 1.807) is 0 Å². The molecule has 0 saturated carbocycles. The van der Waals surface area contributed by atoms with E-state index in [4.69, 9.17) is 5.11 Å². The van der Waals surface area contributed by atoms with Crippen molar-refractivity contribution in [1.29, 1.82) is 0 Å². The molecule has 4 nitrogen and oxygen atoms in total. The number of nitrogens with zero attached hydrogens (tertiary/aromatic N) is 1. The van der Waals surface area contributed by atoms with Gasteiger partial charge in [-0.15, -0.1) is 0 Å². The Morgan fingerprint density at radius 3 is 2.90 bits per heavy atom. The van der Waals surface area contributed by atoms with Gasteiger partial charge in [0.2, 0.25) is 5.37 Å². The van der Waals surface area contributed by atoms with Crippen molar-refractivity contribution >= 4 is 28.6 Å². The van der Waals surface area contributed by atoms with Gasteiger partial charge >= 0.3 is 5.97 Å². The summed E-state index contributed by atoms with van der Waals surface area (Å²) in [5.41, 5.74) is 0. The quantitative estimate of drug-likeness (QED) is 0.323. The molecule has 0 unspecified atom stereocenters. The molecule has 1 N–H and O–H groups in total. The van der Waals surface area contributed by atoms with E-state index in [0.29, 0.717) is 0 Å². The minimum Gasteiger partial charge on any atom is -0.568 e. The molecule has 5 heteroatoms. The molecule has 0 aromatic rings. The van der Waals surface area contributed by atoms with E-state index in [9.17, 15) is 9.59 Å². The van der Waals surface area contributed by atoms with Crippen molar-refractivity contribution in [3.05, 3.63) is 16.4 Å². The molecule has 0 aromatic heterocycles. The van der Waals surface area contributed by atoms with Crippen molar-refractivity contribution in [2.24, 2.45) is 0 Å². The number of rotatable bonds is 1. The zero-order valence-electron chi connectivity index (χ0n) is 4.77. The standard InChI is InChI=1S/C5H3NO3S/c7-3-2-10-4(6-3)1-5(8)9/h1-2H,(H-,6,7,8,9). The number of carboxylic acid groups (broad SMARTS) is 1. The fourth-order valence-corrected chi connectivity index (χ4v) is 1.03. The minimum atomic E-state index is -1.09. The first-order valence-electron chi connectivity index (χ1n) is 2.38. The summed E-state index contributed by atoms with van der Waals surface area (Å²) in [6.07, 6.45) is 0.895. The monoisotopic (exact) mass is 157 g/mol. The summed E-state index contributed by atoms with van der Waals surface area (Å²) in [4.78, 5) is 20.3. The third-order valence-corrected chi connectivity index (χ3v) is 1.52. The summed E-state index contributed by atoms with van der Waals surface area (Å²) in [6.45, 7) is 0. The molecule has 1 aliphatic heterocycles. The number of carbonyl (C=O) groups is 2. The van der Waals surface area contributed by atoms with Crippen molar-refractivity contribution in [3.63, 3.8) is 0 Å². The van der Waals surface area contributed by atoms with Crippen LogP contribution in [-0.4, -0.2) is 22.4 Å². The molecule has 1 rings (SSSR count). The second-order valence-corrected chi connectivity index (χ2v) is 2.40. The molecule has 52 valence electrons. The first-order valence-corrected chi connectivity index (χ1v) is 3.26. The number of carbonyl (C=O) groups excluding carboxylic acids is 1. The van der Waals surface area contributed by atoms with Crippen LogP contribution in [0, 0.1) is 0 Å². The van der Waals surface area contributed by atoms with Crippen molar-refractivity contribution < 1.29 is 14.7 Å². The Labute approximate surface area is 60.5 Å². The van der Waals surface area contributed by atoms with Crippen LogP contribution in [0.4, 0.5) is 0 Å². The average molecular weight is 157 g/mol. The van der Waals surface area contributed by atoms with Gasteiger partial charge in [-0.25, -0.2) is 4.79 Å². The first-order chi connectivity index (χ1) is 4.68. The zero-order valence-corrected chi connectivity index (χ0v) is 5.59. The summed E-state index contributed by atoms with van der Waals surface area (Å²) in [7, 11) is 0. The minimum absolute atomic E-state index is 0.234. The Hall–Kier alpha value is -1.23. The highest BCUT2D eigenvalue weighted by molar-refractivity contribution is 7.84.